The standard InChI is InChI=1S/C25H28N4O5/c30-23-6-4-19-2-1-9-26-24(19)29(23)13-12-28-10-7-20(8-11-28)27-25(31)34-17-18-3-5-21-22(16-18)33-15-14-32-21/h1-6,9,16,20H,7-8,10-15,17H2,(H,27,31). The Balaban J connectivity index is 1.06. The molecule has 1 amide bonds. The third-order valence-corrected chi connectivity index (χ3v) is 6.27. The predicted molar refractivity (Wildman–Crippen MR) is 126 cm³/mol. The van der Waals surface area contributed by atoms with E-state index in [0.29, 0.717) is 36.9 Å². The lowest BCUT2D eigenvalue weighted by Crippen LogP contribution is -2.45. The van der Waals surface area contributed by atoms with Crippen LogP contribution in [0.3, 0.4) is 0 Å². The van der Waals surface area contributed by atoms with Crippen molar-refractivity contribution < 1.29 is 19.0 Å². The number of aromatic nitrogens is 2. The number of hydrogen-bond donors (Lipinski definition) is 1. The van der Waals surface area contributed by atoms with E-state index < -0.39 is 6.09 Å². The molecule has 2 aliphatic rings. The van der Waals surface area contributed by atoms with Crippen molar-refractivity contribution in [2.75, 3.05) is 32.8 Å². The number of hydrogen-bond acceptors (Lipinski definition) is 7. The van der Waals surface area contributed by atoms with Gasteiger partial charge in [-0.1, -0.05) is 6.07 Å². The quantitative estimate of drug-likeness (QED) is 0.599. The molecule has 2 aromatic heterocycles. The lowest BCUT2D eigenvalue weighted by Gasteiger charge is -2.32. The van der Waals surface area contributed by atoms with E-state index in [0.717, 1.165) is 43.4 Å². The Morgan fingerprint density at radius 2 is 1.88 bits per heavy atom. The fourth-order valence-corrected chi connectivity index (χ4v) is 4.41. The van der Waals surface area contributed by atoms with Crippen LogP contribution in [0.5, 0.6) is 11.5 Å². The van der Waals surface area contributed by atoms with Gasteiger partial charge in [0.15, 0.2) is 11.5 Å². The first-order chi connectivity index (χ1) is 16.7. The summed E-state index contributed by atoms with van der Waals surface area (Å²) in [6, 6.07) is 12.9. The molecular formula is C25H28N4O5. The maximum Gasteiger partial charge on any atom is 0.407 e. The molecule has 0 saturated carbocycles. The molecule has 9 heteroatoms. The number of nitrogens with one attached hydrogen (secondary N) is 1. The number of likely N-dealkylation sites (tertiary alicyclic amines) is 1. The largest absolute Gasteiger partial charge is 0.486 e. The molecule has 0 radical (unpaired) electrons. The number of carbonyl (C=O) groups excluding carboxylic acids is 1. The van der Waals surface area contributed by atoms with Crippen molar-refractivity contribution in [3.8, 4) is 11.5 Å². The van der Waals surface area contributed by atoms with Gasteiger partial charge in [-0.05, 0) is 48.7 Å². The van der Waals surface area contributed by atoms with Gasteiger partial charge in [-0.15, -0.1) is 0 Å². The fourth-order valence-electron chi connectivity index (χ4n) is 4.41. The number of alkyl carbamates (subject to hydrolysis) is 1. The third kappa shape index (κ3) is 5.14. The summed E-state index contributed by atoms with van der Waals surface area (Å²) >= 11 is 0. The highest BCUT2D eigenvalue weighted by Gasteiger charge is 2.21. The summed E-state index contributed by atoms with van der Waals surface area (Å²) in [6.45, 7) is 4.28. The smallest absolute Gasteiger partial charge is 0.407 e. The number of carbonyl (C=O) groups is 1. The first kappa shape index (κ1) is 22.2. The molecule has 5 rings (SSSR count). The summed E-state index contributed by atoms with van der Waals surface area (Å²) in [5.41, 5.74) is 1.53. The van der Waals surface area contributed by atoms with Gasteiger partial charge in [-0.25, -0.2) is 9.78 Å². The second-order valence-electron chi connectivity index (χ2n) is 8.55. The summed E-state index contributed by atoms with van der Waals surface area (Å²) in [4.78, 5) is 31.3. The minimum Gasteiger partial charge on any atom is -0.486 e. The van der Waals surface area contributed by atoms with Gasteiger partial charge in [0.2, 0.25) is 0 Å². The van der Waals surface area contributed by atoms with Crippen LogP contribution in [0, 0.1) is 0 Å². The molecule has 34 heavy (non-hydrogen) atoms. The zero-order valence-corrected chi connectivity index (χ0v) is 18.9. The molecule has 4 heterocycles. The molecule has 0 aliphatic carbocycles. The number of fused-ring (bicyclic) bond motifs is 2. The number of ether oxygens (including phenoxy) is 3. The van der Waals surface area contributed by atoms with Gasteiger partial charge in [0.05, 0.1) is 0 Å². The lowest BCUT2D eigenvalue weighted by molar-refractivity contribution is 0.125. The number of amides is 1. The van der Waals surface area contributed by atoms with Gasteiger partial charge in [-0.3, -0.25) is 9.36 Å². The van der Waals surface area contributed by atoms with Crippen LogP contribution in [-0.4, -0.2) is 59.4 Å². The van der Waals surface area contributed by atoms with Gasteiger partial charge < -0.3 is 24.4 Å². The molecule has 2 aliphatic heterocycles. The van der Waals surface area contributed by atoms with E-state index in [4.69, 9.17) is 14.2 Å². The van der Waals surface area contributed by atoms with Gasteiger partial charge in [0.25, 0.3) is 5.56 Å². The van der Waals surface area contributed by atoms with Crippen LogP contribution in [0.4, 0.5) is 4.79 Å². The molecule has 1 fully saturated rings. The first-order valence-electron chi connectivity index (χ1n) is 11.6. The Hall–Kier alpha value is -3.59. The normalized spacial score (nSPS) is 16.4. The number of rotatable bonds is 6. The second kappa shape index (κ2) is 10.1. The number of piperidine rings is 1. The van der Waals surface area contributed by atoms with Crippen molar-refractivity contribution in [2.24, 2.45) is 0 Å². The molecule has 1 saturated heterocycles. The summed E-state index contributed by atoms with van der Waals surface area (Å²) in [6.07, 6.45) is 2.97. The summed E-state index contributed by atoms with van der Waals surface area (Å²) in [5.74, 6) is 1.40. The highest BCUT2D eigenvalue weighted by molar-refractivity contribution is 5.74. The molecule has 0 bridgehead atoms. The maximum atomic E-state index is 12.3. The second-order valence-corrected chi connectivity index (χ2v) is 8.55. The van der Waals surface area contributed by atoms with Crippen LogP contribution in [-0.2, 0) is 17.9 Å². The number of nitrogens with zero attached hydrogens (tertiary/aromatic N) is 3. The van der Waals surface area contributed by atoms with Crippen LogP contribution in [0.1, 0.15) is 18.4 Å². The van der Waals surface area contributed by atoms with E-state index in [1.807, 2.05) is 36.4 Å². The predicted octanol–water partition coefficient (Wildman–Crippen LogP) is 2.56. The Labute approximate surface area is 197 Å². The van der Waals surface area contributed by atoms with Crippen molar-refractivity contribution in [3.05, 3.63) is 64.6 Å². The average molecular weight is 465 g/mol. The van der Waals surface area contributed by atoms with E-state index in [-0.39, 0.29) is 18.2 Å². The third-order valence-electron chi connectivity index (χ3n) is 6.27. The molecular weight excluding hydrogens is 436 g/mol. The Morgan fingerprint density at radius 3 is 2.74 bits per heavy atom. The minimum absolute atomic E-state index is 0.0384. The van der Waals surface area contributed by atoms with Gasteiger partial charge in [-0.2, -0.15) is 0 Å². The van der Waals surface area contributed by atoms with Crippen molar-refractivity contribution in [2.45, 2.75) is 32.0 Å². The molecule has 178 valence electrons. The van der Waals surface area contributed by atoms with E-state index in [9.17, 15) is 9.59 Å². The molecule has 9 nitrogen and oxygen atoms in total. The summed E-state index contributed by atoms with van der Waals surface area (Å²) in [7, 11) is 0. The maximum absolute atomic E-state index is 12.3. The zero-order chi connectivity index (χ0) is 23.3. The number of pyridine rings is 2. The van der Waals surface area contributed by atoms with E-state index >= 15 is 0 Å². The lowest BCUT2D eigenvalue weighted by atomic mass is 10.1. The monoisotopic (exact) mass is 464 g/mol. The van der Waals surface area contributed by atoms with Crippen LogP contribution in [0.15, 0.2) is 53.5 Å². The number of benzene rings is 1. The first-order valence-corrected chi connectivity index (χ1v) is 11.6. The van der Waals surface area contributed by atoms with Crippen molar-refractivity contribution in [1.29, 1.82) is 0 Å². The highest BCUT2D eigenvalue weighted by Crippen LogP contribution is 2.30. The van der Waals surface area contributed by atoms with E-state index in [2.05, 4.69) is 15.2 Å². The average Bonchev–Trinajstić information content (AvgIpc) is 2.87. The SMILES string of the molecule is O=C(NC1CCN(CCn2c(=O)ccc3cccnc32)CC1)OCc1ccc2c(c1)OCCO2. The zero-order valence-electron chi connectivity index (χ0n) is 18.9. The summed E-state index contributed by atoms with van der Waals surface area (Å²) in [5, 5.41) is 3.93. The fraction of sp³-hybridized carbons (Fsp3) is 0.400. The minimum atomic E-state index is -0.415. The Bertz CT molecular complexity index is 1220. The van der Waals surface area contributed by atoms with Crippen LogP contribution < -0.4 is 20.3 Å². The molecule has 0 atom stereocenters. The molecule has 0 unspecified atom stereocenters. The van der Waals surface area contributed by atoms with Gasteiger partial charge >= 0.3 is 6.09 Å². The van der Waals surface area contributed by atoms with Crippen LogP contribution >= 0.6 is 0 Å². The molecule has 1 N–H and O–H groups in total. The highest BCUT2D eigenvalue weighted by atomic mass is 16.6. The van der Waals surface area contributed by atoms with Crippen molar-refractivity contribution in [1.82, 2.24) is 19.8 Å². The van der Waals surface area contributed by atoms with Crippen LogP contribution in [0.2, 0.25) is 0 Å². The molecule has 3 aromatic rings. The van der Waals surface area contributed by atoms with Gasteiger partial charge in [0.1, 0.15) is 25.5 Å². The molecule has 0 spiro atoms. The Morgan fingerprint density at radius 1 is 1.06 bits per heavy atom. The molecule has 1 aromatic carbocycles. The Kier molecular flexibility index (Phi) is 6.62. The van der Waals surface area contributed by atoms with E-state index in [1.165, 1.54) is 0 Å². The van der Waals surface area contributed by atoms with Crippen molar-refractivity contribution in [3.63, 3.8) is 0 Å². The van der Waals surface area contributed by atoms with E-state index in [1.54, 1.807) is 16.8 Å². The van der Waals surface area contributed by atoms with Gasteiger partial charge in [0, 0.05) is 49.9 Å². The summed E-state index contributed by atoms with van der Waals surface area (Å²) < 4.78 is 18.2. The topological polar surface area (TPSA) is 94.9 Å². The van der Waals surface area contributed by atoms with Crippen LogP contribution in [0.25, 0.3) is 11.0 Å². The van der Waals surface area contributed by atoms with Crippen molar-refractivity contribution >= 4 is 17.1 Å².